The summed E-state index contributed by atoms with van der Waals surface area (Å²) in [5.74, 6) is -1.89. The third-order valence-electron chi connectivity index (χ3n) is 4.36. The highest BCUT2D eigenvalue weighted by Gasteiger charge is 2.12. The Morgan fingerprint density at radius 1 is 1.04 bits per heavy atom. The van der Waals surface area contributed by atoms with Crippen molar-refractivity contribution in [2.45, 2.75) is 20.3 Å². The molecule has 0 bridgehead atoms. The molecule has 0 radical (unpaired) electrons. The number of aromatic nitrogens is 2. The first-order chi connectivity index (χ1) is 13.4. The Morgan fingerprint density at radius 3 is 2.36 bits per heavy atom. The first kappa shape index (κ1) is 19.1. The zero-order chi connectivity index (χ0) is 20.3. The molecule has 0 saturated heterocycles. The highest BCUT2D eigenvalue weighted by atomic mass is 16.4. The Hall–Kier alpha value is -3.68. The topological polar surface area (TPSA) is 113 Å². The van der Waals surface area contributed by atoms with Gasteiger partial charge >= 0.3 is 5.97 Å². The van der Waals surface area contributed by atoms with E-state index in [1.165, 1.54) is 12.1 Å². The molecule has 0 atom stereocenters. The number of hydrogen-bond donors (Lipinski definition) is 3. The lowest BCUT2D eigenvalue weighted by molar-refractivity contribution is -0.135. The fourth-order valence-corrected chi connectivity index (χ4v) is 2.85. The van der Waals surface area contributed by atoms with Gasteiger partial charge in [-0.1, -0.05) is 6.92 Å². The van der Waals surface area contributed by atoms with Crippen molar-refractivity contribution in [3.8, 4) is 0 Å². The number of amides is 2. The summed E-state index contributed by atoms with van der Waals surface area (Å²) in [6, 6.07) is 9.72. The second kappa shape index (κ2) is 7.91. The van der Waals surface area contributed by atoms with Crippen LogP contribution in [0, 0.1) is 6.92 Å². The minimum absolute atomic E-state index is 0.281. The molecular formula is C20H20N4O4. The summed E-state index contributed by atoms with van der Waals surface area (Å²) in [7, 11) is 0. The molecule has 0 fully saturated rings. The Morgan fingerprint density at radius 2 is 1.71 bits per heavy atom. The van der Waals surface area contributed by atoms with Crippen LogP contribution in [0.25, 0.3) is 5.65 Å². The van der Waals surface area contributed by atoms with E-state index in [1.807, 2.05) is 18.2 Å². The van der Waals surface area contributed by atoms with Crippen molar-refractivity contribution in [3.05, 3.63) is 65.1 Å². The average Bonchev–Trinajstić information content (AvgIpc) is 3.02. The Labute approximate surface area is 161 Å². The number of carbonyl (C=O) groups is 3. The van der Waals surface area contributed by atoms with Crippen LogP contribution in [0.5, 0.6) is 0 Å². The summed E-state index contributed by atoms with van der Waals surface area (Å²) in [6.45, 7) is 3.55. The first-order valence-electron chi connectivity index (χ1n) is 8.78. The third kappa shape index (κ3) is 4.01. The average molecular weight is 380 g/mol. The molecule has 8 heteroatoms. The molecule has 0 aliphatic carbocycles. The van der Waals surface area contributed by atoms with E-state index in [9.17, 15) is 14.4 Å². The van der Waals surface area contributed by atoms with Crippen molar-refractivity contribution >= 4 is 29.1 Å². The van der Waals surface area contributed by atoms with Gasteiger partial charge in [0.15, 0.2) is 0 Å². The minimum Gasteiger partial charge on any atom is -0.480 e. The molecule has 3 aromatic rings. The zero-order valence-electron chi connectivity index (χ0n) is 15.5. The van der Waals surface area contributed by atoms with Crippen LogP contribution in [0.15, 0.2) is 42.6 Å². The van der Waals surface area contributed by atoms with Crippen LogP contribution in [0.1, 0.15) is 39.0 Å². The highest BCUT2D eigenvalue weighted by Crippen LogP contribution is 2.16. The fraction of sp³-hybridized carbons (Fsp3) is 0.200. The lowest BCUT2D eigenvalue weighted by Gasteiger charge is -2.08. The van der Waals surface area contributed by atoms with Crippen LogP contribution in [-0.4, -0.2) is 38.8 Å². The van der Waals surface area contributed by atoms with E-state index in [0.717, 1.165) is 23.5 Å². The molecule has 0 aliphatic heterocycles. The van der Waals surface area contributed by atoms with Gasteiger partial charge in [-0.15, -0.1) is 0 Å². The number of pyridine rings is 1. The van der Waals surface area contributed by atoms with Crippen LogP contribution >= 0.6 is 0 Å². The van der Waals surface area contributed by atoms with Gasteiger partial charge in [0.2, 0.25) is 0 Å². The Balaban J connectivity index is 1.72. The normalized spacial score (nSPS) is 10.6. The van der Waals surface area contributed by atoms with Gasteiger partial charge in [0.05, 0.1) is 11.3 Å². The van der Waals surface area contributed by atoms with E-state index in [1.54, 1.807) is 30.5 Å². The van der Waals surface area contributed by atoms with Crippen molar-refractivity contribution in [1.82, 2.24) is 14.7 Å². The lowest BCUT2D eigenvalue weighted by atomic mass is 10.2. The Kier molecular flexibility index (Phi) is 5.39. The molecule has 0 spiro atoms. The van der Waals surface area contributed by atoms with Gasteiger partial charge in [-0.25, -0.2) is 4.98 Å². The van der Waals surface area contributed by atoms with Gasteiger partial charge < -0.3 is 20.1 Å². The summed E-state index contributed by atoms with van der Waals surface area (Å²) < 4.78 is 1.89. The summed E-state index contributed by atoms with van der Waals surface area (Å²) >= 11 is 0. The van der Waals surface area contributed by atoms with Crippen molar-refractivity contribution in [3.63, 3.8) is 0 Å². The van der Waals surface area contributed by atoms with E-state index in [-0.39, 0.29) is 5.91 Å². The van der Waals surface area contributed by atoms with E-state index in [0.29, 0.717) is 16.8 Å². The maximum Gasteiger partial charge on any atom is 0.322 e. The quantitative estimate of drug-likeness (QED) is 0.607. The predicted molar refractivity (Wildman–Crippen MR) is 104 cm³/mol. The number of imidazole rings is 1. The molecule has 3 rings (SSSR count). The standard InChI is InChI=1S/C20H20N4O4/c1-3-16-12(2)24-11-14(6-9-17(24)23-16)20(28)22-15-7-4-13(5-8-15)19(27)21-10-18(25)26/h4-9,11H,3,10H2,1-2H3,(H,21,27)(H,22,28)(H,25,26). The largest absolute Gasteiger partial charge is 0.480 e. The van der Waals surface area contributed by atoms with Crippen molar-refractivity contribution in [2.75, 3.05) is 11.9 Å². The number of nitrogens with zero attached hydrogens (tertiary/aromatic N) is 2. The second-order valence-electron chi connectivity index (χ2n) is 6.25. The van der Waals surface area contributed by atoms with E-state index in [2.05, 4.69) is 15.6 Å². The van der Waals surface area contributed by atoms with E-state index >= 15 is 0 Å². The SMILES string of the molecule is CCc1nc2ccc(C(=O)Nc3ccc(C(=O)NCC(=O)O)cc3)cn2c1C. The third-order valence-corrected chi connectivity index (χ3v) is 4.36. The number of nitrogens with one attached hydrogen (secondary N) is 2. The van der Waals surface area contributed by atoms with Crippen LogP contribution in [0.2, 0.25) is 0 Å². The van der Waals surface area contributed by atoms with Gasteiger partial charge in [-0.05, 0) is 49.7 Å². The molecule has 2 aromatic heterocycles. The minimum atomic E-state index is -1.12. The van der Waals surface area contributed by atoms with E-state index in [4.69, 9.17) is 5.11 Å². The summed E-state index contributed by atoms with van der Waals surface area (Å²) in [5.41, 5.74) is 4.11. The van der Waals surface area contributed by atoms with Gasteiger partial charge in [0, 0.05) is 23.1 Å². The number of rotatable bonds is 6. The molecule has 3 N–H and O–H groups in total. The first-order valence-corrected chi connectivity index (χ1v) is 8.78. The number of aryl methyl sites for hydroxylation is 2. The van der Waals surface area contributed by atoms with Gasteiger partial charge in [-0.2, -0.15) is 0 Å². The number of carbonyl (C=O) groups excluding carboxylic acids is 2. The second-order valence-corrected chi connectivity index (χ2v) is 6.25. The highest BCUT2D eigenvalue weighted by molar-refractivity contribution is 6.04. The lowest BCUT2D eigenvalue weighted by Crippen LogP contribution is -2.29. The Bertz CT molecular complexity index is 1050. The molecule has 2 amide bonds. The number of benzene rings is 1. The maximum atomic E-state index is 12.6. The smallest absolute Gasteiger partial charge is 0.322 e. The molecule has 144 valence electrons. The van der Waals surface area contributed by atoms with Crippen molar-refractivity contribution < 1.29 is 19.5 Å². The monoisotopic (exact) mass is 380 g/mol. The molecule has 2 heterocycles. The summed E-state index contributed by atoms with van der Waals surface area (Å²) in [6.07, 6.45) is 2.57. The van der Waals surface area contributed by atoms with Gasteiger partial charge in [0.25, 0.3) is 11.8 Å². The van der Waals surface area contributed by atoms with Crippen LogP contribution < -0.4 is 10.6 Å². The van der Waals surface area contributed by atoms with E-state index < -0.39 is 18.4 Å². The number of carboxylic acids is 1. The zero-order valence-corrected chi connectivity index (χ0v) is 15.5. The predicted octanol–water partition coefficient (Wildman–Crippen LogP) is 2.27. The molecular weight excluding hydrogens is 360 g/mol. The van der Waals surface area contributed by atoms with Crippen molar-refractivity contribution in [1.29, 1.82) is 0 Å². The van der Waals surface area contributed by atoms with Gasteiger partial charge in [0.1, 0.15) is 12.2 Å². The van der Waals surface area contributed by atoms with Crippen LogP contribution in [0.3, 0.4) is 0 Å². The summed E-state index contributed by atoms with van der Waals surface area (Å²) in [4.78, 5) is 39.4. The molecule has 0 aliphatic rings. The number of aliphatic carboxylic acids is 1. The fourth-order valence-electron chi connectivity index (χ4n) is 2.85. The van der Waals surface area contributed by atoms with Gasteiger partial charge in [-0.3, -0.25) is 14.4 Å². The number of hydrogen-bond acceptors (Lipinski definition) is 4. The maximum absolute atomic E-state index is 12.6. The molecule has 28 heavy (non-hydrogen) atoms. The summed E-state index contributed by atoms with van der Waals surface area (Å²) in [5, 5.41) is 13.7. The van der Waals surface area contributed by atoms with Crippen LogP contribution in [0.4, 0.5) is 5.69 Å². The molecule has 1 aromatic carbocycles. The number of anilines is 1. The molecule has 8 nitrogen and oxygen atoms in total. The number of carboxylic acid groups (broad SMARTS) is 1. The van der Waals surface area contributed by atoms with Crippen LogP contribution in [-0.2, 0) is 11.2 Å². The number of fused-ring (bicyclic) bond motifs is 1. The molecule has 0 saturated carbocycles. The van der Waals surface area contributed by atoms with Crippen molar-refractivity contribution in [2.24, 2.45) is 0 Å². The molecule has 0 unspecified atom stereocenters.